The minimum atomic E-state index is 0.402. The first-order chi connectivity index (χ1) is 11.8. The fourth-order valence-corrected chi connectivity index (χ4v) is 2.95. The van der Waals surface area contributed by atoms with E-state index in [1.807, 2.05) is 29.7 Å². The molecule has 124 valence electrons. The molecule has 2 N–H and O–H groups in total. The molecule has 1 saturated heterocycles. The van der Waals surface area contributed by atoms with Crippen molar-refractivity contribution in [3.63, 3.8) is 0 Å². The highest BCUT2D eigenvalue weighted by Gasteiger charge is 2.15. The molecule has 0 aliphatic carbocycles. The van der Waals surface area contributed by atoms with E-state index < -0.39 is 0 Å². The standard InChI is InChI=1S/C17H20N6O/c1-2-24-13-3-4-14-15(7-13)23(11-20-14)17-10-19-9-16(22-17)21-12-5-6-18-8-12/h3-4,7,9-12,18H,2,5-6,8H2,1H3,(H,21,22)/t12-/m1/s1. The quantitative estimate of drug-likeness (QED) is 0.747. The lowest BCUT2D eigenvalue weighted by molar-refractivity contribution is 0.340. The second-order valence-corrected chi connectivity index (χ2v) is 5.79. The number of anilines is 1. The van der Waals surface area contributed by atoms with E-state index in [0.717, 1.165) is 47.9 Å². The zero-order chi connectivity index (χ0) is 16.4. The fourth-order valence-electron chi connectivity index (χ4n) is 2.95. The van der Waals surface area contributed by atoms with Gasteiger partial charge in [0.05, 0.1) is 30.0 Å². The average Bonchev–Trinajstić information content (AvgIpc) is 3.24. The van der Waals surface area contributed by atoms with Crippen molar-refractivity contribution < 1.29 is 4.74 Å². The maximum Gasteiger partial charge on any atom is 0.159 e. The second-order valence-electron chi connectivity index (χ2n) is 5.79. The third-order valence-electron chi connectivity index (χ3n) is 4.11. The van der Waals surface area contributed by atoms with Crippen LogP contribution in [0, 0.1) is 0 Å². The van der Waals surface area contributed by atoms with Gasteiger partial charge in [-0.2, -0.15) is 0 Å². The topological polar surface area (TPSA) is 76.9 Å². The first-order valence-electron chi connectivity index (χ1n) is 8.23. The predicted molar refractivity (Wildman–Crippen MR) is 92.7 cm³/mol. The summed E-state index contributed by atoms with van der Waals surface area (Å²) < 4.78 is 7.52. The second kappa shape index (κ2) is 6.45. The summed E-state index contributed by atoms with van der Waals surface area (Å²) >= 11 is 0. The molecule has 24 heavy (non-hydrogen) atoms. The smallest absolute Gasteiger partial charge is 0.159 e. The van der Waals surface area contributed by atoms with Gasteiger partial charge in [-0.15, -0.1) is 0 Å². The van der Waals surface area contributed by atoms with Crippen molar-refractivity contribution in [2.24, 2.45) is 0 Å². The Labute approximate surface area is 140 Å². The molecule has 0 spiro atoms. The van der Waals surface area contributed by atoms with Gasteiger partial charge in [-0.25, -0.2) is 9.97 Å². The maximum atomic E-state index is 5.59. The van der Waals surface area contributed by atoms with Gasteiger partial charge in [-0.05, 0) is 32.0 Å². The van der Waals surface area contributed by atoms with E-state index in [0.29, 0.717) is 12.6 Å². The lowest BCUT2D eigenvalue weighted by Crippen LogP contribution is -2.23. The van der Waals surface area contributed by atoms with Crippen LogP contribution in [0.5, 0.6) is 5.75 Å². The largest absolute Gasteiger partial charge is 0.494 e. The molecule has 3 heterocycles. The number of hydrogen-bond acceptors (Lipinski definition) is 6. The van der Waals surface area contributed by atoms with Gasteiger partial charge < -0.3 is 15.4 Å². The van der Waals surface area contributed by atoms with Crippen LogP contribution < -0.4 is 15.4 Å². The van der Waals surface area contributed by atoms with E-state index >= 15 is 0 Å². The molecule has 2 aromatic heterocycles. The Balaban J connectivity index is 1.67. The first kappa shape index (κ1) is 14.9. The van der Waals surface area contributed by atoms with Gasteiger partial charge >= 0.3 is 0 Å². The van der Waals surface area contributed by atoms with Crippen LogP contribution in [0.2, 0.25) is 0 Å². The molecule has 0 radical (unpaired) electrons. The Bertz CT molecular complexity index is 840. The molecule has 0 unspecified atom stereocenters. The maximum absolute atomic E-state index is 5.59. The van der Waals surface area contributed by atoms with Crippen molar-refractivity contribution >= 4 is 16.9 Å². The van der Waals surface area contributed by atoms with Gasteiger partial charge in [-0.3, -0.25) is 9.55 Å². The van der Waals surface area contributed by atoms with Crippen LogP contribution in [-0.2, 0) is 0 Å². The monoisotopic (exact) mass is 324 g/mol. The highest BCUT2D eigenvalue weighted by atomic mass is 16.5. The SMILES string of the molecule is CCOc1ccc2ncn(-c3cncc(N[C@@H]4CCNC4)n3)c2c1. The Kier molecular flexibility index (Phi) is 4.00. The van der Waals surface area contributed by atoms with Crippen LogP contribution in [0.25, 0.3) is 16.9 Å². The molecule has 1 fully saturated rings. The lowest BCUT2D eigenvalue weighted by atomic mass is 10.2. The molecule has 1 atom stereocenters. The van der Waals surface area contributed by atoms with Crippen LogP contribution in [0.4, 0.5) is 5.82 Å². The van der Waals surface area contributed by atoms with E-state index in [9.17, 15) is 0 Å². The molecule has 0 bridgehead atoms. The summed E-state index contributed by atoms with van der Waals surface area (Å²) in [6.07, 6.45) is 6.36. The Morgan fingerprint density at radius 3 is 3.17 bits per heavy atom. The zero-order valence-electron chi connectivity index (χ0n) is 13.6. The number of imidazole rings is 1. The van der Waals surface area contributed by atoms with Crippen molar-refractivity contribution in [1.82, 2.24) is 24.8 Å². The van der Waals surface area contributed by atoms with Gasteiger partial charge in [0.15, 0.2) is 5.82 Å². The van der Waals surface area contributed by atoms with Gasteiger partial charge in [0.2, 0.25) is 0 Å². The molecule has 1 aliphatic rings. The third-order valence-corrected chi connectivity index (χ3v) is 4.11. The summed E-state index contributed by atoms with van der Waals surface area (Å²) in [6, 6.07) is 6.27. The van der Waals surface area contributed by atoms with Crippen molar-refractivity contribution in [3.8, 4) is 11.6 Å². The zero-order valence-corrected chi connectivity index (χ0v) is 13.6. The summed E-state index contributed by atoms with van der Waals surface area (Å²) in [7, 11) is 0. The summed E-state index contributed by atoms with van der Waals surface area (Å²) in [5.41, 5.74) is 1.86. The van der Waals surface area contributed by atoms with E-state index in [1.54, 1.807) is 18.7 Å². The summed E-state index contributed by atoms with van der Waals surface area (Å²) in [5, 5.41) is 6.77. The molecular formula is C17H20N6O. The van der Waals surface area contributed by atoms with Crippen molar-refractivity contribution in [2.45, 2.75) is 19.4 Å². The molecule has 3 aromatic rings. The van der Waals surface area contributed by atoms with Crippen molar-refractivity contribution in [1.29, 1.82) is 0 Å². The van der Waals surface area contributed by atoms with Crippen LogP contribution >= 0.6 is 0 Å². The molecular weight excluding hydrogens is 304 g/mol. The summed E-state index contributed by atoms with van der Waals surface area (Å²) in [4.78, 5) is 13.4. The minimum Gasteiger partial charge on any atom is -0.494 e. The van der Waals surface area contributed by atoms with Gasteiger partial charge in [0.1, 0.15) is 17.9 Å². The van der Waals surface area contributed by atoms with Crippen LogP contribution in [0.15, 0.2) is 36.9 Å². The number of nitrogens with zero attached hydrogens (tertiary/aromatic N) is 4. The molecule has 1 aliphatic heterocycles. The fraction of sp³-hybridized carbons (Fsp3) is 0.353. The number of rotatable bonds is 5. The first-order valence-corrected chi connectivity index (χ1v) is 8.23. The van der Waals surface area contributed by atoms with Crippen LogP contribution in [0.1, 0.15) is 13.3 Å². The Morgan fingerprint density at radius 2 is 2.33 bits per heavy atom. The Hall–Kier alpha value is -2.67. The van der Waals surface area contributed by atoms with Crippen molar-refractivity contribution in [2.75, 3.05) is 25.0 Å². The van der Waals surface area contributed by atoms with E-state index in [-0.39, 0.29) is 0 Å². The average molecular weight is 324 g/mol. The van der Waals surface area contributed by atoms with Crippen LogP contribution in [-0.4, -0.2) is 45.3 Å². The van der Waals surface area contributed by atoms with Gasteiger partial charge in [0, 0.05) is 18.7 Å². The number of ether oxygens (including phenoxy) is 1. The molecule has 0 saturated carbocycles. The van der Waals surface area contributed by atoms with Crippen molar-refractivity contribution in [3.05, 3.63) is 36.9 Å². The van der Waals surface area contributed by atoms with Crippen LogP contribution in [0.3, 0.4) is 0 Å². The number of aromatic nitrogens is 4. The summed E-state index contributed by atoms with van der Waals surface area (Å²) in [6.45, 7) is 4.60. The number of nitrogens with one attached hydrogen (secondary N) is 2. The highest BCUT2D eigenvalue weighted by molar-refractivity contribution is 5.78. The molecule has 4 rings (SSSR count). The number of fused-ring (bicyclic) bond motifs is 1. The number of hydrogen-bond donors (Lipinski definition) is 2. The Morgan fingerprint density at radius 1 is 1.38 bits per heavy atom. The predicted octanol–water partition coefficient (Wildman–Crippen LogP) is 1.99. The molecule has 1 aromatic carbocycles. The third kappa shape index (κ3) is 2.90. The normalized spacial score (nSPS) is 17.3. The molecule has 7 nitrogen and oxygen atoms in total. The summed E-state index contributed by atoms with van der Waals surface area (Å²) in [5.74, 6) is 2.34. The molecule has 0 amide bonds. The van der Waals surface area contributed by atoms with E-state index in [1.165, 1.54) is 0 Å². The number of benzene rings is 1. The van der Waals surface area contributed by atoms with E-state index in [2.05, 4.69) is 25.6 Å². The lowest BCUT2D eigenvalue weighted by Gasteiger charge is -2.12. The van der Waals surface area contributed by atoms with E-state index in [4.69, 9.17) is 4.74 Å². The van der Waals surface area contributed by atoms with Gasteiger partial charge in [0.25, 0.3) is 0 Å². The minimum absolute atomic E-state index is 0.402. The highest BCUT2D eigenvalue weighted by Crippen LogP contribution is 2.22. The van der Waals surface area contributed by atoms with Gasteiger partial charge in [-0.1, -0.05) is 0 Å². The molecule has 7 heteroatoms.